The Hall–Kier alpha value is -1.81. The maximum Gasteiger partial charge on any atom is 0.122 e. The number of aromatic nitrogens is 2. The van der Waals surface area contributed by atoms with Crippen molar-refractivity contribution in [1.29, 1.82) is 0 Å². The molecule has 0 spiro atoms. The molecule has 2 heterocycles. The van der Waals surface area contributed by atoms with Crippen LogP contribution in [-0.4, -0.2) is 22.9 Å². The van der Waals surface area contributed by atoms with E-state index in [1.807, 2.05) is 24.0 Å². The molecule has 1 aliphatic heterocycles. The van der Waals surface area contributed by atoms with Gasteiger partial charge in [-0.2, -0.15) is 5.10 Å². The molecule has 0 bridgehead atoms. The summed E-state index contributed by atoms with van der Waals surface area (Å²) in [5, 5.41) is 8.12. The summed E-state index contributed by atoms with van der Waals surface area (Å²) in [6.07, 6.45) is 3.03. The van der Waals surface area contributed by atoms with Crippen LogP contribution in [-0.2, 0) is 13.5 Å². The molecule has 1 aromatic heterocycles. The van der Waals surface area contributed by atoms with E-state index in [4.69, 9.17) is 4.74 Å². The van der Waals surface area contributed by atoms with Gasteiger partial charge < -0.3 is 10.1 Å². The summed E-state index contributed by atoms with van der Waals surface area (Å²) in [4.78, 5) is 0. The van der Waals surface area contributed by atoms with Crippen molar-refractivity contribution in [3.05, 3.63) is 47.8 Å². The lowest BCUT2D eigenvalue weighted by atomic mass is 9.88. The fourth-order valence-electron chi connectivity index (χ4n) is 2.90. The van der Waals surface area contributed by atoms with E-state index >= 15 is 0 Å². The normalized spacial score (nSPS) is 19.2. The Labute approximate surface area is 119 Å². The fraction of sp³-hybridized carbons (Fsp3) is 0.438. The first-order valence-electron chi connectivity index (χ1n) is 7.21. The Kier molecular flexibility index (Phi) is 3.74. The summed E-state index contributed by atoms with van der Waals surface area (Å²) in [5.41, 5.74) is 2.39. The summed E-state index contributed by atoms with van der Waals surface area (Å²) in [5.74, 6) is 1.44. The van der Waals surface area contributed by atoms with Gasteiger partial charge in [-0.15, -0.1) is 0 Å². The van der Waals surface area contributed by atoms with Crippen molar-refractivity contribution in [2.75, 3.05) is 13.2 Å². The van der Waals surface area contributed by atoms with Gasteiger partial charge in [-0.1, -0.05) is 25.1 Å². The van der Waals surface area contributed by atoms with Gasteiger partial charge in [0.1, 0.15) is 5.75 Å². The molecule has 0 radical (unpaired) electrons. The quantitative estimate of drug-likeness (QED) is 0.927. The Bertz CT molecular complexity index is 579. The number of benzene rings is 1. The third kappa shape index (κ3) is 2.56. The number of nitrogens with zero attached hydrogens (tertiary/aromatic N) is 2. The molecule has 2 unspecified atom stereocenters. The summed E-state index contributed by atoms with van der Waals surface area (Å²) < 4.78 is 7.78. The molecule has 106 valence electrons. The summed E-state index contributed by atoms with van der Waals surface area (Å²) >= 11 is 0. The number of hydrogen-bond acceptors (Lipinski definition) is 3. The predicted molar refractivity (Wildman–Crippen MR) is 78.8 cm³/mol. The van der Waals surface area contributed by atoms with Crippen molar-refractivity contribution in [2.45, 2.75) is 19.4 Å². The molecule has 3 rings (SSSR count). The number of para-hydroxylation sites is 1. The number of hydrogen-bond donors (Lipinski definition) is 1. The van der Waals surface area contributed by atoms with E-state index in [0.717, 1.165) is 31.0 Å². The van der Waals surface area contributed by atoms with E-state index in [0.29, 0.717) is 5.92 Å². The highest BCUT2D eigenvalue weighted by molar-refractivity contribution is 5.35. The van der Waals surface area contributed by atoms with Crippen molar-refractivity contribution in [1.82, 2.24) is 15.1 Å². The van der Waals surface area contributed by atoms with Crippen molar-refractivity contribution in [2.24, 2.45) is 13.0 Å². The molecular formula is C16H21N3O. The van der Waals surface area contributed by atoms with Crippen molar-refractivity contribution >= 4 is 0 Å². The first-order valence-corrected chi connectivity index (χ1v) is 7.21. The van der Waals surface area contributed by atoms with E-state index < -0.39 is 0 Å². The zero-order chi connectivity index (χ0) is 13.9. The molecule has 1 aromatic carbocycles. The molecule has 0 amide bonds. The van der Waals surface area contributed by atoms with Crippen LogP contribution in [0.1, 0.15) is 24.2 Å². The van der Waals surface area contributed by atoms with Crippen LogP contribution >= 0.6 is 0 Å². The lowest BCUT2D eigenvalue weighted by Gasteiger charge is -2.31. The molecule has 4 nitrogen and oxygen atoms in total. The first-order chi connectivity index (χ1) is 9.78. The zero-order valence-corrected chi connectivity index (χ0v) is 12.0. The fourth-order valence-corrected chi connectivity index (χ4v) is 2.90. The number of fused-ring (bicyclic) bond motifs is 1. The third-order valence-electron chi connectivity index (χ3n) is 3.86. The van der Waals surface area contributed by atoms with Crippen LogP contribution in [0.4, 0.5) is 0 Å². The topological polar surface area (TPSA) is 39.1 Å². The molecule has 1 N–H and O–H groups in total. The van der Waals surface area contributed by atoms with E-state index in [-0.39, 0.29) is 6.04 Å². The van der Waals surface area contributed by atoms with Gasteiger partial charge in [-0.05, 0) is 30.7 Å². The van der Waals surface area contributed by atoms with Crippen LogP contribution in [0.25, 0.3) is 0 Å². The Balaban J connectivity index is 1.83. The van der Waals surface area contributed by atoms with Gasteiger partial charge in [-0.3, -0.25) is 4.68 Å². The second-order valence-electron chi connectivity index (χ2n) is 5.33. The lowest BCUT2D eigenvalue weighted by molar-refractivity contribution is 0.183. The highest BCUT2D eigenvalue weighted by Crippen LogP contribution is 2.33. The standard InChI is InChI=1S/C16H21N3O/c1-3-17-16(14-8-9-19(2)18-14)13-10-12-6-4-5-7-15(12)20-11-13/h4-9,13,16-17H,3,10-11H2,1-2H3. The highest BCUT2D eigenvalue weighted by atomic mass is 16.5. The smallest absolute Gasteiger partial charge is 0.122 e. The van der Waals surface area contributed by atoms with Crippen LogP contribution in [0.2, 0.25) is 0 Å². The summed E-state index contributed by atoms with van der Waals surface area (Å²) in [7, 11) is 1.96. The molecular weight excluding hydrogens is 250 g/mol. The molecule has 20 heavy (non-hydrogen) atoms. The molecule has 1 aliphatic rings. The van der Waals surface area contributed by atoms with Gasteiger partial charge in [0.05, 0.1) is 18.3 Å². The minimum Gasteiger partial charge on any atom is -0.493 e. The molecule has 0 saturated heterocycles. The van der Waals surface area contributed by atoms with E-state index in [9.17, 15) is 0 Å². The largest absolute Gasteiger partial charge is 0.493 e. The molecule has 0 aliphatic carbocycles. The summed E-state index contributed by atoms with van der Waals surface area (Å²) in [6, 6.07) is 10.6. The minimum absolute atomic E-state index is 0.245. The number of nitrogens with one attached hydrogen (secondary N) is 1. The van der Waals surface area contributed by atoms with Gasteiger partial charge in [0.25, 0.3) is 0 Å². The number of ether oxygens (including phenoxy) is 1. The molecule has 0 saturated carbocycles. The monoisotopic (exact) mass is 271 g/mol. The Morgan fingerprint density at radius 3 is 3.00 bits per heavy atom. The number of aryl methyl sites for hydroxylation is 1. The van der Waals surface area contributed by atoms with Crippen molar-refractivity contribution < 1.29 is 4.74 Å². The van der Waals surface area contributed by atoms with Crippen LogP contribution in [0.15, 0.2) is 36.5 Å². The maximum absolute atomic E-state index is 5.92. The van der Waals surface area contributed by atoms with Gasteiger partial charge in [0.2, 0.25) is 0 Å². The Morgan fingerprint density at radius 1 is 1.40 bits per heavy atom. The molecule has 0 fully saturated rings. The van der Waals surface area contributed by atoms with Gasteiger partial charge in [0.15, 0.2) is 0 Å². The third-order valence-corrected chi connectivity index (χ3v) is 3.86. The maximum atomic E-state index is 5.92. The lowest BCUT2D eigenvalue weighted by Crippen LogP contribution is -2.35. The second-order valence-corrected chi connectivity index (χ2v) is 5.33. The van der Waals surface area contributed by atoms with E-state index in [1.165, 1.54) is 5.56 Å². The molecule has 4 heteroatoms. The van der Waals surface area contributed by atoms with Gasteiger partial charge in [0, 0.05) is 19.2 Å². The van der Waals surface area contributed by atoms with Crippen molar-refractivity contribution in [3.8, 4) is 5.75 Å². The van der Waals surface area contributed by atoms with Crippen LogP contribution in [0, 0.1) is 5.92 Å². The average molecular weight is 271 g/mol. The van der Waals surface area contributed by atoms with Crippen LogP contribution in [0.5, 0.6) is 5.75 Å². The second kappa shape index (κ2) is 5.67. The average Bonchev–Trinajstić information content (AvgIpc) is 2.90. The summed E-state index contributed by atoms with van der Waals surface area (Å²) in [6.45, 7) is 3.80. The first kappa shape index (κ1) is 13.2. The Morgan fingerprint density at radius 2 is 2.25 bits per heavy atom. The van der Waals surface area contributed by atoms with Crippen molar-refractivity contribution in [3.63, 3.8) is 0 Å². The highest BCUT2D eigenvalue weighted by Gasteiger charge is 2.29. The minimum atomic E-state index is 0.245. The van der Waals surface area contributed by atoms with E-state index in [2.05, 4.69) is 41.6 Å². The van der Waals surface area contributed by atoms with Gasteiger partial charge in [-0.25, -0.2) is 0 Å². The van der Waals surface area contributed by atoms with Crippen LogP contribution < -0.4 is 10.1 Å². The van der Waals surface area contributed by atoms with E-state index in [1.54, 1.807) is 0 Å². The molecule has 2 aromatic rings. The number of rotatable bonds is 4. The van der Waals surface area contributed by atoms with Crippen LogP contribution in [0.3, 0.4) is 0 Å². The molecule has 2 atom stereocenters. The predicted octanol–water partition coefficient (Wildman–Crippen LogP) is 2.32. The van der Waals surface area contributed by atoms with Gasteiger partial charge >= 0.3 is 0 Å². The zero-order valence-electron chi connectivity index (χ0n) is 12.0. The SMILES string of the molecule is CCNC(c1ccn(C)n1)C1COc2ccccc2C1.